The van der Waals surface area contributed by atoms with Gasteiger partial charge in [-0.3, -0.25) is 14.9 Å². The molecule has 55 heavy (non-hydrogen) atoms. The maximum atomic E-state index is 13.1. The Labute approximate surface area is 321 Å². The van der Waals surface area contributed by atoms with Crippen molar-refractivity contribution in [2.45, 2.75) is 57.0 Å². The van der Waals surface area contributed by atoms with Gasteiger partial charge in [-0.05, 0) is 67.0 Å². The first kappa shape index (κ1) is 37.8. The van der Waals surface area contributed by atoms with Crippen molar-refractivity contribution < 1.29 is 24.2 Å². The van der Waals surface area contributed by atoms with Gasteiger partial charge in [0.15, 0.2) is 0 Å². The maximum absolute atomic E-state index is 13.1. The highest BCUT2D eigenvalue weighted by Crippen LogP contribution is 2.32. The second kappa shape index (κ2) is 18.2. The number of aromatic nitrogens is 1. The van der Waals surface area contributed by atoms with Gasteiger partial charge in [0, 0.05) is 61.7 Å². The number of likely N-dealkylation sites (tertiary alicyclic amines) is 1. The number of aromatic amines is 1. The van der Waals surface area contributed by atoms with Gasteiger partial charge in [0.05, 0.1) is 17.3 Å². The van der Waals surface area contributed by atoms with Crippen LogP contribution in [0.5, 0.6) is 5.75 Å². The molecule has 2 heterocycles. The van der Waals surface area contributed by atoms with E-state index in [1.54, 1.807) is 12.1 Å². The number of amides is 2. The zero-order chi connectivity index (χ0) is 38.0. The standard InChI is InChI=1S/C44H49N5O6/c50-39(36-17-19-40(42-37(36)18-20-41(51)48-42)54-29-30-9-3-1-4-10-30)28-46-33-16-15-32(27-33)43(52)45-23-26-49-24-21-34(22-25-49)55-44(53)47-38-14-8-7-13-35(38)31-11-5-2-6-12-31/h1-14,17-20,32-34,39,46,50H,15-16,21-29H2,(H,45,52)(H,47,53)(H,48,51)/t32-,33+,39-/m1/s1. The second-order valence-electron chi connectivity index (χ2n) is 14.4. The fraction of sp³-hybridized carbons (Fsp3) is 0.341. The van der Waals surface area contributed by atoms with Gasteiger partial charge in [0.25, 0.3) is 0 Å². The third-order valence-electron chi connectivity index (χ3n) is 10.7. The van der Waals surface area contributed by atoms with Crippen molar-refractivity contribution in [1.82, 2.24) is 20.5 Å². The SMILES string of the molecule is O=C(Nc1ccccc1-c1ccccc1)OC1CCN(CCNC(=O)[C@@H]2CC[C@H](NC[C@@H](O)c3ccc(OCc4ccccc4)c4[nH]c(=O)ccc34)C2)CC1. The summed E-state index contributed by atoms with van der Waals surface area (Å²) in [4.78, 5) is 43.2. The number of carbonyl (C=O) groups excluding carboxylic acids is 2. The van der Waals surface area contributed by atoms with Crippen molar-refractivity contribution in [1.29, 1.82) is 0 Å². The molecule has 3 atom stereocenters. The Morgan fingerprint density at radius 1 is 0.855 bits per heavy atom. The van der Waals surface area contributed by atoms with Gasteiger partial charge in [0.1, 0.15) is 18.5 Å². The van der Waals surface area contributed by atoms with Gasteiger partial charge in [-0.1, -0.05) is 84.9 Å². The lowest BCUT2D eigenvalue weighted by molar-refractivity contribution is -0.124. The fourth-order valence-electron chi connectivity index (χ4n) is 7.67. The minimum absolute atomic E-state index is 0.0663. The van der Waals surface area contributed by atoms with E-state index in [2.05, 4.69) is 25.8 Å². The molecule has 5 aromatic rings. The molecule has 0 unspecified atom stereocenters. The Morgan fingerprint density at radius 2 is 1.60 bits per heavy atom. The number of piperidine rings is 1. The molecule has 1 aliphatic carbocycles. The molecule has 11 heteroatoms. The molecule has 2 amide bonds. The normalized spacial score (nSPS) is 18.1. The van der Waals surface area contributed by atoms with Gasteiger partial charge in [-0.15, -0.1) is 0 Å². The number of H-pyrrole nitrogens is 1. The van der Waals surface area contributed by atoms with Crippen LogP contribution in [0, 0.1) is 5.92 Å². The number of anilines is 1. The number of rotatable bonds is 14. The summed E-state index contributed by atoms with van der Waals surface area (Å²) in [6.07, 6.45) is 2.41. The molecule has 2 fully saturated rings. The highest BCUT2D eigenvalue weighted by molar-refractivity contribution is 5.91. The third-order valence-corrected chi connectivity index (χ3v) is 10.7. The van der Waals surface area contributed by atoms with E-state index >= 15 is 0 Å². The van der Waals surface area contributed by atoms with Gasteiger partial charge >= 0.3 is 6.09 Å². The Hall–Kier alpha value is -5.49. The minimum Gasteiger partial charge on any atom is -0.487 e. The highest BCUT2D eigenvalue weighted by Gasteiger charge is 2.30. The lowest BCUT2D eigenvalue weighted by Gasteiger charge is -2.31. The summed E-state index contributed by atoms with van der Waals surface area (Å²) >= 11 is 0. The fourth-order valence-corrected chi connectivity index (χ4v) is 7.67. The number of nitrogens with zero attached hydrogens (tertiary/aromatic N) is 1. The second-order valence-corrected chi connectivity index (χ2v) is 14.4. The van der Waals surface area contributed by atoms with Gasteiger partial charge in [-0.25, -0.2) is 4.79 Å². The number of hydrogen-bond donors (Lipinski definition) is 5. The molecule has 0 bridgehead atoms. The molecular formula is C44H49N5O6. The summed E-state index contributed by atoms with van der Waals surface area (Å²) < 4.78 is 11.8. The average molecular weight is 744 g/mol. The number of para-hydroxylation sites is 1. The molecular weight excluding hydrogens is 695 g/mol. The number of pyridine rings is 1. The first-order valence-corrected chi connectivity index (χ1v) is 19.3. The molecule has 2 aliphatic rings. The molecule has 1 aromatic heterocycles. The maximum Gasteiger partial charge on any atom is 0.411 e. The number of carbonyl (C=O) groups is 2. The van der Waals surface area contributed by atoms with Crippen LogP contribution in [-0.4, -0.2) is 71.9 Å². The largest absolute Gasteiger partial charge is 0.487 e. The molecule has 11 nitrogen and oxygen atoms in total. The van der Waals surface area contributed by atoms with Crippen LogP contribution in [0.25, 0.3) is 22.0 Å². The number of fused-ring (bicyclic) bond motifs is 1. The average Bonchev–Trinajstić information content (AvgIpc) is 3.70. The van der Waals surface area contributed by atoms with Crippen molar-refractivity contribution in [3.8, 4) is 16.9 Å². The van der Waals surface area contributed by atoms with E-state index in [1.807, 2.05) is 91.0 Å². The zero-order valence-corrected chi connectivity index (χ0v) is 30.9. The van der Waals surface area contributed by atoms with E-state index in [0.717, 1.165) is 67.4 Å². The van der Waals surface area contributed by atoms with Crippen LogP contribution >= 0.6 is 0 Å². The molecule has 1 saturated heterocycles. The van der Waals surface area contributed by atoms with Crippen LogP contribution in [0.3, 0.4) is 0 Å². The lowest BCUT2D eigenvalue weighted by Crippen LogP contribution is -2.43. The molecule has 286 valence electrons. The van der Waals surface area contributed by atoms with E-state index in [9.17, 15) is 19.5 Å². The molecule has 5 N–H and O–H groups in total. The van der Waals surface area contributed by atoms with E-state index in [0.29, 0.717) is 48.6 Å². The lowest BCUT2D eigenvalue weighted by atomic mass is 10.0. The molecule has 4 aromatic carbocycles. The highest BCUT2D eigenvalue weighted by atomic mass is 16.6. The van der Waals surface area contributed by atoms with E-state index in [-0.39, 0.29) is 29.5 Å². The Morgan fingerprint density at radius 3 is 2.40 bits per heavy atom. The predicted octanol–water partition coefficient (Wildman–Crippen LogP) is 6.40. The topological polar surface area (TPSA) is 145 Å². The van der Waals surface area contributed by atoms with E-state index < -0.39 is 12.2 Å². The van der Waals surface area contributed by atoms with Gasteiger partial charge < -0.3 is 35.1 Å². The summed E-state index contributed by atoms with van der Waals surface area (Å²) in [5.41, 5.74) is 4.71. The number of hydrogen-bond acceptors (Lipinski definition) is 8. The summed E-state index contributed by atoms with van der Waals surface area (Å²) in [5.74, 6) is 0.535. The van der Waals surface area contributed by atoms with Gasteiger partial charge in [0.2, 0.25) is 11.5 Å². The Balaban J connectivity index is 0.809. The van der Waals surface area contributed by atoms with E-state index in [4.69, 9.17) is 9.47 Å². The Kier molecular flexibility index (Phi) is 12.5. The van der Waals surface area contributed by atoms with Crippen molar-refractivity contribution in [3.05, 3.63) is 131 Å². The number of aliphatic hydroxyl groups excluding tert-OH is 1. The summed E-state index contributed by atoms with van der Waals surface area (Å²) in [5, 5.41) is 21.5. The monoisotopic (exact) mass is 743 g/mol. The van der Waals surface area contributed by atoms with Crippen molar-refractivity contribution in [2.75, 3.05) is 38.0 Å². The van der Waals surface area contributed by atoms with Gasteiger partial charge in [-0.2, -0.15) is 0 Å². The van der Waals surface area contributed by atoms with Crippen LogP contribution in [0.1, 0.15) is 49.3 Å². The van der Waals surface area contributed by atoms with Crippen LogP contribution in [0.4, 0.5) is 10.5 Å². The number of aliphatic hydroxyl groups is 1. The van der Waals surface area contributed by atoms with Crippen molar-refractivity contribution in [3.63, 3.8) is 0 Å². The smallest absolute Gasteiger partial charge is 0.411 e. The Bertz CT molecular complexity index is 2100. The number of benzene rings is 4. The van der Waals surface area contributed by atoms with Crippen molar-refractivity contribution >= 4 is 28.6 Å². The summed E-state index contributed by atoms with van der Waals surface area (Å²) in [6, 6.07) is 34.4. The van der Waals surface area contributed by atoms with E-state index in [1.165, 1.54) is 6.07 Å². The molecule has 0 radical (unpaired) electrons. The van der Waals surface area contributed by atoms with Crippen LogP contribution in [0.15, 0.2) is 114 Å². The first-order chi connectivity index (χ1) is 26.9. The van der Waals surface area contributed by atoms with Crippen LogP contribution in [0.2, 0.25) is 0 Å². The molecule has 1 aliphatic heterocycles. The number of nitrogens with one attached hydrogen (secondary N) is 4. The zero-order valence-electron chi connectivity index (χ0n) is 30.9. The summed E-state index contributed by atoms with van der Waals surface area (Å²) in [6.45, 7) is 3.57. The summed E-state index contributed by atoms with van der Waals surface area (Å²) in [7, 11) is 0. The minimum atomic E-state index is -0.815. The predicted molar refractivity (Wildman–Crippen MR) is 214 cm³/mol. The molecule has 7 rings (SSSR count). The van der Waals surface area contributed by atoms with Crippen molar-refractivity contribution in [2.24, 2.45) is 5.92 Å². The molecule has 0 spiro atoms. The quantitative estimate of drug-likeness (QED) is 0.0880. The third kappa shape index (κ3) is 9.99. The van der Waals surface area contributed by atoms with Crippen LogP contribution < -0.4 is 26.2 Å². The number of ether oxygens (including phenoxy) is 2. The van der Waals surface area contributed by atoms with Crippen LogP contribution in [-0.2, 0) is 16.1 Å². The molecule has 1 saturated carbocycles. The first-order valence-electron chi connectivity index (χ1n) is 19.3.